The van der Waals surface area contributed by atoms with Crippen LogP contribution in [-0.4, -0.2) is 35.5 Å². The van der Waals surface area contributed by atoms with Crippen LogP contribution in [-0.2, 0) is 14.4 Å². The van der Waals surface area contributed by atoms with Gasteiger partial charge in [-0.05, 0) is 36.6 Å². The van der Waals surface area contributed by atoms with Crippen molar-refractivity contribution in [3.05, 3.63) is 29.3 Å². The summed E-state index contributed by atoms with van der Waals surface area (Å²) in [5.41, 5.74) is 0.687. The summed E-state index contributed by atoms with van der Waals surface area (Å²) in [7, 11) is 0. The third-order valence-corrected chi connectivity index (χ3v) is 4.77. The number of carbonyl (C=O) groups is 3. The Morgan fingerprint density at radius 1 is 1.29 bits per heavy atom. The van der Waals surface area contributed by atoms with Gasteiger partial charge in [-0.1, -0.05) is 24.4 Å². The molecule has 2 atom stereocenters. The second-order valence-electron chi connectivity index (χ2n) is 6.46. The number of halogens is 1. The lowest BCUT2D eigenvalue weighted by Crippen LogP contribution is -2.44. The van der Waals surface area contributed by atoms with Gasteiger partial charge < -0.3 is 15.3 Å². The van der Waals surface area contributed by atoms with E-state index in [2.05, 4.69) is 5.32 Å². The number of carboxylic acids is 1. The van der Waals surface area contributed by atoms with Crippen LogP contribution in [0.15, 0.2) is 24.3 Å². The van der Waals surface area contributed by atoms with Gasteiger partial charge in [-0.15, -0.1) is 0 Å². The van der Waals surface area contributed by atoms with Crippen molar-refractivity contribution in [2.75, 3.05) is 11.4 Å². The highest BCUT2D eigenvalue weighted by Gasteiger charge is 2.37. The van der Waals surface area contributed by atoms with E-state index in [9.17, 15) is 19.5 Å². The fourth-order valence-corrected chi connectivity index (χ4v) is 3.08. The molecule has 24 heavy (non-hydrogen) atoms. The lowest BCUT2D eigenvalue weighted by Gasteiger charge is -2.18. The molecule has 1 aromatic rings. The van der Waals surface area contributed by atoms with Crippen LogP contribution in [0.2, 0.25) is 5.02 Å². The van der Waals surface area contributed by atoms with Crippen molar-refractivity contribution < 1.29 is 19.5 Å². The minimum absolute atomic E-state index is 0.0875. The van der Waals surface area contributed by atoms with E-state index >= 15 is 0 Å². The van der Waals surface area contributed by atoms with Gasteiger partial charge >= 0.3 is 5.97 Å². The molecule has 2 aliphatic rings. The average Bonchev–Trinajstić information content (AvgIpc) is 3.27. The van der Waals surface area contributed by atoms with E-state index in [1.54, 1.807) is 24.3 Å². The molecule has 1 aromatic carbocycles. The Labute approximate surface area is 144 Å². The third kappa shape index (κ3) is 3.87. The van der Waals surface area contributed by atoms with Crippen molar-refractivity contribution in [2.24, 2.45) is 11.8 Å². The van der Waals surface area contributed by atoms with Gasteiger partial charge in [0.15, 0.2) is 0 Å². The summed E-state index contributed by atoms with van der Waals surface area (Å²) in [6.45, 7) is 0.252. The Morgan fingerprint density at radius 2 is 1.96 bits per heavy atom. The summed E-state index contributed by atoms with van der Waals surface area (Å²) < 4.78 is 0. The maximum atomic E-state index is 12.4. The summed E-state index contributed by atoms with van der Waals surface area (Å²) in [5.74, 6) is -1.68. The second kappa shape index (κ2) is 6.81. The molecule has 2 unspecified atom stereocenters. The van der Waals surface area contributed by atoms with E-state index < -0.39 is 17.9 Å². The van der Waals surface area contributed by atoms with Crippen LogP contribution in [0, 0.1) is 11.8 Å². The first kappa shape index (κ1) is 16.8. The van der Waals surface area contributed by atoms with Gasteiger partial charge in [0.2, 0.25) is 11.8 Å². The van der Waals surface area contributed by atoms with Gasteiger partial charge in [-0.2, -0.15) is 0 Å². The molecule has 0 spiro atoms. The summed E-state index contributed by atoms with van der Waals surface area (Å²) in [5, 5.41) is 12.4. The molecule has 1 aliphatic heterocycles. The fraction of sp³-hybridized carbons (Fsp3) is 0.471. The first-order valence-corrected chi connectivity index (χ1v) is 8.41. The fourth-order valence-electron chi connectivity index (χ4n) is 2.95. The Kier molecular flexibility index (Phi) is 4.76. The number of carboxylic acid groups (broad SMARTS) is 1. The van der Waals surface area contributed by atoms with Gasteiger partial charge in [0.05, 0.1) is 5.92 Å². The first-order chi connectivity index (χ1) is 11.4. The highest BCUT2D eigenvalue weighted by Crippen LogP contribution is 2.34. The molecule has 1 heterocycles. The number of anilines is 1. The Bertz CT molecular complexity index is 657. The second-order valence-corrected chi connectivity index (χ2v) is 6.90. The van der Waals surface area contributed by atoms with Crippen LogP contribution < -0.4 is 10.2 Å². The minimum Gasteiger partial charge on any atom is -0.480 e. The lowest BCUT2D eigenvalue weighted by molar-refractivity contribution is -0.142. The molecule has 0 radical (unpaired) electrons. The number of nitrogens with zero attached hydrogens (tertiary/aromatic N) is 1. The number of rotatable bonds is 6. The number of hydrogen-bond donors (Lipinski definition) is 2. The Balaban J connectivity index is 1.62. The molecule has 0 aromatic heterocycles. The molecule has 7 heteroatoms. The topological polar surface area (TPSA) is 86.7 Å². The number of nitrogens with one attached hydrogen (secondary N) is 1. The van der Waals surface area contributed by atoms with Gasteiger partial charge in [-0.3, -0.25) is 9.59 Å². The van der Waals surface area contributed by atoms with Crippen molar-refractivity contribution in [3.63, 3.8) is 0 Å². The van der Waals surface area contributed by atoms with E-state index in [0.29, 0.717) is 23.0 Å². The quantitative estimate of drug-likeness (QED) is 0.822. The maximum absolute atomic E-state index is 12.4. The molecular formula is C17H19ClN2O4. The SMILES string of the molecule is O=C(NC(CC1CC1)C(=O)O)C1CC(=O)N(c2ccc(Cl)cc2)C1. The van der Waals surface area contributed by atoms with Crippen molar-refractivity contribution in [2.45, 2.75) is 31.7 Å². The van der Waals surface area contributed by atoms with Gasteiger partial charge in [-0.25, -0.2) is 4.79 Å². The maximum Gasteiger partial charge on any atom is 0.326 e. The van der Waals surface area contributed by atoms with Gasteiger partial charge in [0.25, 0.3) is 0 Å². The highest BCUT2D eigenvalue weighted by atomic mass is 35.5. The van der Waals surface area contributed by atoms with E-state index in [4.69, 9.17) is 11.6 Å². The molecule has 6 nitrogen and oxygen atoms in total. The van der Waals surface area contributed by atoms with Crippen LogP contribution in [0.1, 0.15) is 25.7 Å². The lowest BCUT2D eigenvalue weighted by atomic mass is 10.1. The van der Waals surface area contributed by atoms with Crippen molar-refractivity contribution in [1.29, 1.82) is 0 Å². The monoisotopic (exact) mass is 350 g/mol. The third-order valence-electron chi connectivity index (χ3n) is 4.51. The normalized spacial score (nSPS) is 21.6. The van der Waals surface area contributed by atoms with Crippen LogP contribution in [0.5, 0.6) is 0 Å². The molecule has 2 N–H and O–H groups in total. The minimum atomic E-state index is -1.02. The summed E-state index contributed by atoms with van der Waals surface area (Å²) in [6.07, 6.45) is 2.59. The molecule has 1 saturated heterocycles. The van der Waals surface area contributed by atoms with Crippen LogP contribution >= 0.6 is 11.6 Å². The highest BCUT2D eigenvalue weighted by molar-refractivity contribution is 6.30. The molecule has 128 valence electrons. The molecule has 0 bridgehead atoms. The van der Waals surface area contributed by atoms with Crippen LogP contribution in [0.3, 0.4) is 0 Å². The number of aliphatic carboxylic acids is 1. The molecule has 2 fully saturated rings. The van der Waals surface area contributed by atoms with E-state index in [1.807, 2.05) is 0 Å². The summed E-state index contributed by atoms with van der Waals surface area (Å²) in [4.78, 5) is 37.4. The zero-order valence-electron chi connectivity index (χ0n) is 13.1. The van der Waals surface area contributed by atoms with E-state index in [1.165, 1.54) is 4.90 Å². The Hall–Kier alpha value is -2.08. The standard InChI is InChI=1S/C17H19ClN2O4/c18-12-3-5-13(6-4-12)20-9-11(8-15(20)21)16(22)19-14(17(23)24)7-10-1-2-10/h3-6,10-11,14H,1-2,7-9H2,(H,19,22)(H,23,24). The van der Waals surface area contributed by atoms with Crippen LogP contribution in [0.25, 0.3) is 0 Å². The molecule has 1 saturated carbocycles. The number of carbonyl (C=O) groups excluding carboxylic acids is 2. The largest absolute Gasteiger partial charge is 0.480 e. The van der Waals surface area contributed by atoms with Crippen molar-refractivity contribution >= 4 is 35.1 Å². The summed E-state index contributed by atoms with van der Waals surface area (Å²) >= 11 is 5.84. The Morgan fingerprint density at radius 3 is 2.54 bits per heavy atom. The average molecular weight is 351 g/mol. The molecule has 3 rings (SSSR count). The van der Waals surface area contributed by atoms with E-state index in [0.717, 1.165) is 12.8 Å². The zero-order valence-corrected chi connectivity index (χ0v) is 13.8. The van der Waals surface area contributed by atoms with Crippen molar-refractivity contribution in [3.8, 4) is 0 Å². The van der Waals surface area contributed by atoms with Gasteiger partial charge in [0, 0.05) is 23.7 Å². The smallest absolute Gasteiger partial charge is 0.326 e. The van der Waals surface area contributed by atoms with Crippen LogP contribution in [0.4, 0.5) is 5.69 Å². The first-order valence-electron chi connectivity index (χ1n) is 8.03. The summed E-state index contributed by atoms with van der Waals surface area (Å²) in [6, 6.07) is 5.97. The van der Waals surface area contributed by atoms with Gasteiger partial charge in [0.1, 0.15) is 6.04 Å². The molecule has 2 amide bonds. The number of benzene rings is 1. The zero-order chi connectivity index (χ0) is 17.3. The molecular weight excluding hydrogens is 332 g/mol. The predicted molar refractivity (Wildman–Crippen MR) is 88.8 cm³/mol. The predicted octanol–water partition coefficient (Wildman–Crippen LogP) is 2.06. The van der Waals surface area contributed by atoms with E-state index in [-0.39, 0.29) is 24.8 Å². The molecule has 1 aliphatic carbocycles. The van der Waals surface area contributed by atoms with Crippen molar-refractivity contribution in [1.82, 2.24) is 5.32 Å². The number of amides is 2. The number of hydrogen-bond acceptors (Lipinski definition) is 3.